The lowest BCUT2D eigenvalue weighted by molar-refractivity contribution is -0.137. The molecule has 0 atom stereocenters. The first kappa shape index (κ1) is 17.7. The van der Waals surface area contributed by atoms with Gasteiger partial charge in [0.05, 0.1) is 5.69 Å². The van der Waals surface area contributed by atoms with Crippen LogP contribution in [0.15, 0.2) is 39.6 Å². The smallest absolute Gasteiger partial charge is 0.303 e. The van der Waals surface area contributed by atoms with Gasteiger partial charge in [-0.05, 0) is 30.7 Å². The van der Waals surface area contributed by atoms with E-state index in [-0.39, 0.29) is 25.1 Å². The predicted molar refractivity (Wildman–Crippen MR) is 88.4 cm³/mol. The van der Waals surface area contributed by atoms with Crippen molar-refractivity contribution in [1.29, 1.82) is 0 Å². The summed E-state index contributed by atoms with van der Waals surface area (Å²) >= 11 is 3.28. The summed E-state index contributed by atoms with van der Waals surface area (Å²) in [7, 11) is 0. The molecule has 0 saturated heterocycles. The highest BCUT2D eigenvalue weighted by molar-refractivity contribution is 9.10. The number of carboxylic acids is 1. The lowest BCUT2D eigenvalue weighted by atomic mass is 10.3. The first-order valence-corrected chi connectivity index (χ1v) is 7.77. The SMILES string of the molecule is O=C(O)CCCNC(=O)c1nn(-c2ccc(Br)cc2)c(=O)cc1O. The van der Waals surface area contributed by atoms with Gasteiger partial charge in [-0.1, -0.05) is 15.9 Å². The van der Waals surface area contributed by atoms with Gasteiger partial charge in [-0.2, -0.15) is 9.78 Å². The van der Waals surface area contributed by atoms with Crippen molar-refractivity contribution < 1.29 is 19.8 Å². The summed E-state index contributed by atoms with van der Waals surface area (Å²) in [4.78, 5) is 34.4. The molecule has 8 nitrogen and oxygen atoms in total. The second-order valence-electron chi connectivity index (χ2n) is 4.86. The van der Waals surface area contributed by atoms with Crippen molar-refractivity contribution >= 4 is 27.8 Å². The van der Waals surface area contributed by atoms with Crippen LogP contribution in [-0.2, 0) is 4.79 Å². The van der Waals surface area contributed by atoms with Crippen molar-refractivity contribution in [2.45, 2.75) is 12.8 Å². The maximum atomic E-state index is 12.1. The number of carbonyl (C=O) groups excluding carboxylic acids is 1. The van der Waals surface area contributed by atoms with Crippen LogP contribution in [0.5, 0.6) is 5.75 Å². The molecule has 0 saturated carbocycles. The molecule has 1 heterocycles. The number of rotatable bonds is 6. The van der Waals surface area contributed by atoms with Crippen LogP contribution in [0, 0.1) is 0 Å². The van der Waals surface area contributed by atoms with Gasteiger partial charge in [0, 0.05) is 23.5 Å². The number of hydrogen-bond acceptors (Lipinski definition) is 5. The molecule has 9 heteroatoms. The number of aromatic nitrogens is 2. The van der Waals surface area contributed by atoms with Gasteiger partial charge in [0.15, 0.2) is 11.4 Å². The van der Waals surface area contributed by atoms with Crippen LogP contribution < -0.4 is 10.9 Å². The molecule has 0 unspecified atom stereocenters. The number of carbonyl (C=O) groups is 2. The molecule has 3 N–H and O–H groups in total. The van der Waals surface area contributed by atoms with E-state index in [1.807, 2.05) is 0 Å². The molecule has 1 aromatic carbocycles. The van der Waals surface area contributed by atoms with Crippen LogP contribution >= 0.6 is 15.9 Å². The average molecular weight is 396 g/mol. The summed E-state index contributed by atoms with van der Waals surface area (Å²) in [5.74, 6) is -2.19. The first-order valence-electron chi connectivity index (χ1n) is 6.98. The molecule has 1 amide bonds. The van der Waals surface area contributed by atoms with Gasteiger partial charge < -0.3 is 15.5 Å². The van der Waals surface area contributed by atoms with E-state index in [9.17, 15) is 19.5 Å². The minimum absolute atomic E-state index is 0.0852. The lowest BCUT2D eigenvalue weighted by Crippen LogP contribution is -2.30. The van der Waals surface area contributed by atoms with Crippen molar-refractivity contribution in [1.82, 2.24) is 15.1 Å². The van der Waals surface area contributed by atoms with E-state index >= 15 is 0 Å². The van der Waals surface area contributed by atoms with E-state index in [2.05, 4.69) is 26.3 Å². The van der Waals surface area contributed by atoms with Crippen molar-refractivity contribution in [2.75, 3.05) is 6.54 Å². The fraction of sp³-hybridized carbons (Fsp3) is 0.200. The highest BCUT2D eigenvalue weighted by Crippen LogP contribution is 2.15. The number of aliphatic carboxylic acids is 1. The number of amides is 1. The second-order valence-corrected chi connectivity index (χ2v) is 5.77. The summed E-state index contributed by atoms with van der Waals surface area (Å²) in [5, 5.41) is 24.7. The van der Waals surface area contributed by atoms with Gasteiger partial charge in [-0.25, -0.2) is 0 Å². The van der Waals surface area contributed by atoms with Crippen molar-refractivity contribution in [2.24, 2.45) is 0 Å². The Morgan fingerprint density at radius 2 is 1.92 bits per heavy atom. The molecule has 2 rings (SSSR count). The third kappa shape index (κ3) is 4.42. The third-order valence-electron chi connectivity index (χ3n) is 3.05. The monoisotopic (exact) mass is 395 g/mol. The Bertz CT molecular complexity index is 817. The Morgan fingerprint density at radius 1 is 1.25 bits per heavy atom. The van der Waals surface area contributed by atoms with E-state index in [0.717, 1.165) is 15.2 Å². The van der Waals surface area contributed by atoms with Crippen LogP contribution in [0.1, 0.15) is 23.3 Å². The molecule has 2 aromatic rings. The topological polar surface area (TPSA) is 122 Å². The number of hydrogen-bond donors (Lipinski definition) is 3. The Morgan fingerprint density at radius 3 is 2.54 bits per heavy atom. The fourth-order valence-electron chi connectivity index (χ4n) is 1.90. The summed E-state index contributed by atoms with van der Waals surface area (Å²) < 4.78 is 1.81. The van der Waals surface area contributed by atoms with Crippen LogP contribution in [0.4, 0.5) is 0 Å². The summed E-state index contributed by atoms with van der Waals surface area (Å²) in [6.45, 7) is 0.115. The van der Waals surface area contributed by atoms with Gasteiger partial charge in [-0.15, -0.1) is 0 Å². The molecule has 1 aromatic heterocycles. The van der Waals surface area contributed by atoms with Crippen molar-refractivity contribution in [3.8, 4) is 11.4 Å². The fourth-order valence-corrected chi connectivity index (χ4v) is 2.17. The van der Waals surface area contributed by atoms with E-state index in [1.165, 1.54) is 0 Å². The first-order chi connectivity index (χ1) is 11.4. The quantitative estimate of drug-likeness (QED) is 0.633. The zero-order valence-electron chi connectivity index (χ0n) is 12.4. The van der Waals surface area contributed by atoms with Gasteiger partial charge in [0.1, 0.15) is 0 Å². The minimum Gasteiger partial charge on any atom is -0.505 e. The number of benzene rings is 1. The zero-order valence-corrected chi connectivity index (χ0v) is 14.0. The molecular formula is C15H14BrN3O5. The average Bonchev–Trinajstić information content (AvgIpc) is 2.52. The molecule has 126 valence electrons. The van der Waals surface area contributed by atoms with Gasteiger partial charge in [0.25, 0.3) is 11.5 Å². The van der Waals surface area contributed by atoms with E-state index < -0.39 is 23.2 Å². The van der Waals surface area contributed by atoms with Crippen LogP contribution in [0.25, 0.3) is 5.69 Å². The predicted octanol–water partition coefficient (Wildman–Crippen LogP) is 1.30. The normalized spacial score (nSPS) is 10.4. The summed E-state index contributed by atoms with van der Waals surface area (Å²) in [5.41, 5.74) is -0.465. The van der Waals surface area contributed by atoms with E-state index in [1.54, 1.807) is 24.3 Å². The maximum Gasteiger partial charge on any atom is 0.303 e. The van der Waals surface area contributed by atoms with Gasteiger partial charge >= 0.3 is 5.97 Å². The largest absolute Gasteiger partial charge is 0.505 e. The Balaban J connectivity index is 2.23. The molecule has 0 fully saturated rings. The summed E-state index contributed by atoms with van der Waals surface area (Å²) in [6, 6.07) is 7.58. The number of nitrogens with zero attached hydrogens (tertiary/aromatic N) is 2. The molecule has 0 aliphatic carbocycles. The number of carboxylic acid groups (broad SMARTS) is 1. The second kappa shape index (κ2) is 7.73. The van der Waals surface area contributed by atoms with E-state index in [0.29, 0.717) is 5.69 Å². The third-order valence-corrected chi connectivity index (χ3v) is 3.58. The number of aromatic hydroxyl groups is 1. The standard InChI is InChI=1S/C15H14BrN3O5/c16-9-3-5-10(6-4-9)19-12(21)8-11(20)14(18-19)15(24)17-7-1-2-13(22)23/h3-6,8,20H,1-2,7H2,(H,17,24)(H,22,23). The van der Waals surface area contributed by atoms with Gasteiger partial charge in [-0.3, -0.25) is 14.4 Å². The molecule has 0 aliphatic heterocycles. The lowest BCUT2D eigenvalue weighted by Gasteiger charge is -2.09. The molecule has 0 spiro atoms. The van der Waals surface area contributed by atoms with Crippen LogP contribution in [-0.4, -0.2) is 38.4 Å². The Hall–Kier alpha value is -2.68. The minimum atomic E-state index is -0.964. The van der Waals surface area contributed by atoms with Gasteiger partial charge in [0.2, 0.25) is 0 Å². The van der Waals surface area contributed by atoms with E-state index in [4.69, 9.17) is 5.11 Å². The molecule has 0 radical (unpaired) electrons. The van der Waals surface area contributed by atoms with Crippen LogP contribution in [0.3, 0.4) is 0 Å². The molecule has 0 bridgehead atoms. The number of nitrogens with one attached hydrogen (secondary N) is 1. The number of halogens is 1. The molecule has 0 aliphatic rings. The van der Waals surface area contributed by atoms with Crippen molar-refractivity contribution in [3.05, 3.63) is 50.9 Å². The highest BCUT2D eigenvalue weighted by Gasteiger charge is 2.16. The van der Waals surface area contributed by atoms with Crippen LogP contribution in [0.2, 0.25) is 0 Å². The summed E-state index contributed by atoms with van der Waals surface area (Å²) in [6.07, 6.45) is 0.159. The maximum absolute atomic E-state index is 12.1. The Labute approximate surface area is 144 Å². The molecular weight excluding hydrogens is 382 g/mol. The zero-order chi connectivity index (χ0) is 17.7. The highest BCUT2D eigenvalue weighted by atomic mass is 79.9. The van der Waals surface area contributed by atoms with Crippen molar-refractivity contribution in [3.63, 3.8) is 0 Å². The molecule has 24 heavy (non-hydrogen) atoms. The Kier molecular flexibility index (Phi) is 5.69.